The summed E-state index contributed by atoms with van der Waals surface area (Å²) in [6, 6.07) is 2.87. The third-order valence-electron chi connectivity index (χ3n) is 2.51. The van der Waals surface area contributed by atoms with Crippen molar-refractivity contribution in [2.75, 3.05) is 6.61 Å². The summed E-state index contributed by atoms with van der Waals surface area (Å²) >= 11 is 0. The van der Waals surface area contributed by atoms with Crippen molar-refractivity contribution < 1.29 is 40.3 Å². The summed E-state index contributed by atoms with van der Waals surface area (Å²) in [6.07, 6.45) is -6.47. The molecule has 0 aromatic heterocycles. The molecule has 0 unspecified atom stereocenters. The maximum atomic E-state index is 13.6. The zero-order valence-corrected chi connectivity index (χ0v) is 10.5. The van der Waals surface area contributed by atoms with Crippen molar-refractivity contribution in [2.24, 2.45) is 0 Å². The molecule has 0 bridgehead atoms. The van der Waals surface area contributed by atoms with Gasteiger partial charge in [0.1, 0.15) is 0 Å². The normalized spacial score (nSPS) is 13.1. The van der Waals surface area contributed by atoms with Crippen molar-refractivity contribution in [2.45, 2.75) is 24.9 Å². The minimum absolute atomic E-state index is 0.256. The molecule has 0 atom stereocenters. The van der Waals surface area contributed by atoms with Crippen LogP contribution in [0, 0.1) is 0 Å². The summed E-state index contributed by atoms with van der Waals surface area (Å²) in [4.78, 5) is 11.4. The molecule has 0 amide bonds. The molecule has 0 saturated carbocycles. The van der Waals surface area contributed by atoms with Crippen molar-refractivity contribution in [3.05, 3.63) is 35.4 Å². The Morgan fingerprint density at radius 2 is 1.57 bits per heavy atom. The molecule has 21 heavy (non-hydrogen) atoms. The van der Waals surface area contributed by atoms with Gasteiger partial charge in [-0.1, -0.05) is 18.2 Å². The number of alkyl halides is 7. The number of hydrogen-bond donors (Lipinski definition) is 0. The lowest BCUT2D eigenvalue weighted by Crippen LogP contribution is -2.50. The summed E-state index contributed by atoms with van der Waals surface area (Å²) in [6.45, 7) is 1.07. The SMILES string of the molecule is CCOC(=O)c1ccccc1C(F)(F)C(F)(F)C(F)(F)F. The fourth-order valence-electron chi connectivity index (χ4n) is 1.49. The summed E-state index contributed by atoms with van der Waals surface area (Å²) in [7, 11) is 0. The molecule has 0 radical (unpaired) electrons. The van der Waals surface area contributed by atoms with E-state index in [0.717, 1.165) is 12.1 Å². The van der Waals surface area contributed by atoms with Gasteiger partial charge in [0.05, 0.1) is 12.2 Å². The number of rotatable bonds is 4. The second-order valence-corrected chi connectivity index (χ2v) is 3.91. The van der Waals surface area contributed by atoms with Crippen molar-refractivity contribution in [3.63, 3.8) is 0 Å². The first-order valence-corrected chi connectivity index (χ1v) is 5.55. The number of carbonyl (C=O) groups excluding carboxylic acids is 1. The van der Waals surface area contributed by atoms with Gasteiger partial charge >= 0.3 is 24.0 Å². The Morgan fingerprint density at radius 3 is 2.05 bits per heavy atom. The van der Waals surface area contributed by atoms with Crippen LogP contribution < -0.4 is 0 Å². The van der Waals surface area contributed by atoms with E-state index in [1.807, 2.05) is 0 Å². The molecule has 118 valence electrons. The van der Waals surface area contributed by atoms with Gasteiger partial charge in [0.15, 0.2) is 0 Å². The van der Waals surface area contributed by atoms with Gasteiger partial charge in [-0.15, -0.1) is 0 Å². The van der Waals surface area contributed by atoms with E-state index in [1.54, 1.807) is 0 Å². The fourth-order valence-corrected chi connectivity index (χ4v) is 1.49. The van der Waals surface area contributed by atoms with E-state index >= 15 is 0 Å². The first-order chi connectivity index (χ1) is 9.46. The summed E-state index contributed by atoms with van der Waals surface area (Å²) in [5.41, 5.74) is -2.79. The van der Waals surface area contributed by atoms with Crippen LogP contribution in [-0.2, 0) is 10.7 Å². The molecule has 0 spiro atoms. The van der Waals surface area contributed by atoms with Crippen molar-refractivity contribution in [1.29, 1.82) is 0 Å². The third-order valence-corrected chi connectivity index (χ3v) is 2.51. The van der Waals surface area contributed by atoms with Crippen LogP contribution in [0.1, 0.15) is 22.8 Å². The van der Waals surface area contributed by atoms with E-state index in [-0.39, 0.29) is 6.61 Å². The Kier molecular flexibility index (Phi) is 4.54. The standard InChI is InChI=1S/C12H9F7O2/c1-2-21-9(20)7-5-3-4-6-8(7)10(13,14)11(15,16)12(17,18)19/h3-6H,2H2,1H3. The minimum atomic E-state index is -6.47. The van der Waals surface area contributed by atoms with Crippen LogP contribution in [0.4, 0.5) is 30.7 Å². The molecular weight excluding hydrogens is 309 g/mol. The number of carbonyl (C=O) groups is 1. The van der Waals surface area contributed by atoms with Crippen molar-refractivity contribution >= 4 is 5.97 Å². The number of esters is 1. The molecule has 0 aliphatic heterocycles. The van der Waals surface area contributed by atoms with E-state index in [9.17, 15) is 35.5 Å². The van der Waals surface area contributed by atoms with E-state index in [4.69, 9.17) is 0 Å². The Hall–Kier alpha value is -1.80. The van der Waals surface area contributed by atoms with Gasteiger partial charge in [0.25, 0.3) is 0 Å². The second-order valence-electron chi connectivity index (χ2n) is 3.91. The molecule has 0 N–H and O–H groups in total. The van der Waals surface area contributed by atoms with Gasteiger partial charge in [0, 0.05) is 5.56 Å². The van der Waals surface area contributed by atoms with Crippen LogP contribution in [0.25, 0.3) is 0 Å². The molecule has 2 nitrogen and oxygen atoms in total. The second kappa shape index (κ2) is 5.53. The quantitative estimate of drug-likeness (QED) is 0.616. The monoisotopic (exact) mass is 318 g/mol. The van der Waals surface area contributed by atoms with Crippen LogP contribution in [0.2, 0.25) is 0 Å². The minimum Gasteiger partial charge on any atom is -0.462 e. The zero-order valence-electron chi connectivity index (χ0n) is 10.5. The maximum Gasteiger partial charge on any atom is 0.460 e. The number of ether oxygens (including phenoxy) is 1. The molecule has 0 aliphatic rings. The van der Waals surface area contributed by atoms with Crippen LogP contribution >= 0.6 is 0 Å². The first kappa shape index (κ1) is 17.3. The highest BCUT2D eigenvalue weighted by Gasteiger charge is 2.74. The smallest absolute Gasteiger partial charge is 0.460 e. The highest BCUT2D eigenvalue weighted by Crippen LogP contribution is 2.52. The number of halogens is 7. The van der Waals surface area contributed by atoms with Gasteiger partial charge in [0.2, 0.25) is 0 Å². The lowest BCUT2D eigenvalue weighted by atomic mass is 9.96. The van der Waals surface area contributed by atoms with Crippen LogP contribution in [0.5, 0.6) is 0 Å². The molecule has 1 rings (SSSR count). The topological polar surface area (TPSA) is 26.3 Å². The fraction of sp³-hybridized carbons (Fsp3) is 0.417. The van der Waals surface area contributed by atoms with Gasteiger partial charge in [-0.25, -0.2) is 4.79 Å². The highest BCUT2D eigenvalue weighted by molar-refractivity contribution is 5.91. The number of hydrogen-bond acceptors (Lipinski definition) is 2. The largest absolute Gasteiger partial charge is 0.462 e. The molecule has 1 aromatic carbocycles. The zero-order chi connectivity index (χ0) is 16.5. The average molecular weight is 318 g/mol. The van der Waals surface area contributed by atoms with Crippen molar-refractivity contribution in [3.8, 4) is 0 Å². The van der Waals surface area contributed by atoms with E-state index in [2.05, 4.69) is 4.74 Å². The molecule has 0 saturated heterocycles. The first-order valence-electron chi connectivity index (χ1n) is 5.55. The Balaban J connectivity index is 3.42. The van der Waals surface area contributed by atoms with E-state index in [1.165, 1.54) is 6.92 Å². The lowest BCUT2D eigenvalue weighted by molar-refractivity contribution is -0.359. The molecule has 0 aliphatic carbocycles. The third kappa shape index (κ3) is 2.96. The maximum absolute atomic E-state index is 13.6. The number of benzene rings is 1. The molecule has 1 aromatic rings. The average Bonchev–Trinajstić information content (AvgIpc) is 2.37. The van der Waals surface area contributed by atoms with Crippen molar-refractivity contribution in [1.82, 2.24) is 0 Å². The van der Waals surface area contributed by atoms with E-state index < -0.39 is 35.1 Å². The van der Waals surface area contributed by atoms with E-state index in [0.29, 0.717) is 12.1 Å². The molecule has 0 fully saturated rings. The Labute approximate surface area is 114 Å². The predicted octanol–water partition coefficient (Wildman–Crippen LogP) is 4.15. The van der Waals surface area contributed by atoms with Gasteiger partial charge in [-0.3, -0.25) is 0 Å². The lowest BCUT2D eigenvalue weighted by Gasteiger charge is -2.29. The van der Waals surface area contributed by atoms with Gasteiger partial charge < -0.3 is 4.74 Å². The van der Waals surface area contributed by atoms with Gasteiger partial charge in [-0.05, 0) is 13.0 Å². The summed E-state index contributed by atoms with van der Waals surface area (Å²) in [5.74, 6) is -13.4. The van der Waals surface area contributed by atoms with Crippen LogP contribution in [0.15, 0.2) is 24.3 Å². The molecule has 0 heterocycles. The van der Waals surface area contributed by atoms with Crippen LogP contribution in [-0.4, -0.2) is 24.7 Å². The Bertz CT molecular complexity index is 523. The molecule has 9 heteroatoms. The van der Waals surface area contributed by atoms with Crippen LogP contribution in [0.3, 0.4) is 0 Å². The Morgan fingerprint density at radius 1 is 1.05 bits per heavy atom. The summed E-state index contributed by atoms with van der Waals surface area (Å²) < 4.78 is 94.0. The highest BCUT2D eigenvalue weighted by atomic mass is 19.4. The van der Waals surface area contributed by atoms with Gasteiger partial charge in [-0.2, -0.15) is 30.7 Å². The predicted molar refractivity (Wildman–Crippen MR) is 57.3 cm³/mol. The summed E-state index contributed by atoms with van der Waals surface area (Å²) in [5, 5.41) is 0. The molecular formula is C12H9F7O2.